The third-order valence-electron chi connectivity index (χ3n) is 7.70. The molecule has 0 aromatic heterocycles. The standard InChI is InChI=1S/C31H33FN2O4/c1-19-15-26(12-13-27(19)32)33-31(37)34-18-20(2)38-29-17-25(11-14-28(29)34)24-9-7-23(8-10-24)22-5-3-21(4-6-22)16-30(35)36/h7-15,17,20-22H,3-6,16,18H2,1-2H3,(H,33,37)(H,35,36). The third-order valence-corrected chi connectivity index (χ3v) is 7.70. The van der Waals surface area contributed by atoms with Crippen LogP contribution in [0.2, 0.25) is 0 Å². The van der Waals surface area contributed by atoms with Crippen molar-refractivity contribution in [1.29, 1.82) is 0 Å². The van der Waals surface area contributed by atoms with E-state index < -0.39 is 5.97 Å². The Hall–Kier alpha value is -3.87. The molecule has 2 aliphatic rings. The van der Waals surface area contributed by atoms with Gasteiger partial charge in [-0.3, -0.25) is 9.69 Å². The number of benzene rings is 3. The number of urea groups is 1. The molecule has 5 rings (SSSR count). The SMILES string of the molecule is Cc1cc(NC(=O)N2CC(C)Oc3cc(-c4ccc(C5CCC(CC(=O)O)CC5)cc4)ccc32)ccc1F. The van der Waals surface area contributed by atoms with Crippen LogP contribution in [-0.2, 0) is 4.79 Å². The molecule has 1 saturated carbocycles. The predicted molar refractivity (Wildman–Crippen MR) is 146 cm³/mol. The van der Waals surface area contributed by atoms with Crippen LogP contribution in [0.5, 0.6) is 5.75 Å². The van der Waals surface area contributed by atoms with Gasteiger partial charge in [-0.1, -0.05) is 30.3 Å². The number of carbonyl (C=O) groups excluding carboxylic acids is 1. The fourth-order valence-corrected chi connectivity index (χ4v) is 5.62. The highest BCUT2D eigenvalue weighted by Crippen LogP contribution is 2.40. The lowest BCUT2D eigenvalue weighted by Gasteiger charge is -2.33. The summed E-state index contributed by atoms with van der Waals surface area (Å²) < 4.78 is 19.7. The Labute approximate surface area is 222 Å². The van der Waals surface area contributed by atoms with E-state index in [1.807, 2.05) is 25.1 Å². The minimum absolute atomic E-state index is 0.183. The Morgan fingerprint density at radius 3 is 2.39 bits per heavy atom. The van der Waals surface area contributed by atoms with Gasteiger partial charge in [-0.25, -0.2) is 9.18 Å². The van der Waals surface area contributed by atoms with Crippen molar-refractivity contribution in [3.05, 3.63) is 77.6 Å². The summed E-state index contributed by atoms with van der Waals surface area (Å²) in [5, 5.41) is 11.9. The Morgan fingerprint density at radius 1 is 1.00 bits per heavy atom. The number of aliphatic carboxylic acids is 1. The number of nitrogens with one attached hydrogen (secondary N) is 1. The molecule has 38 heavy (non-hydrogen) atoms. The maximum absolute atomic E-state index is 13.6. The van der Waals surface area contributed by atoms with Gasteiger partial charge in [0.25, 0.3) is 0 Å². The Morgan fingerprint density at radius 2 is 1.71 bits per heavy atom. The minimum Gasteiger partial charge on any atom is -0.487 e. The van der Waals surface area contributed by atoms with E-state index in [0.717, 1.165) is 36.8 Å². The summed E-state index contributed by atoms with van der Waals surface area (Å²) >= 11 is 0. The number of hydrogen-bond donors (Lipinski definition) is 2. The topological polar surface area (TPSA) is 78.9 Å². The second-order valence-electron chi connectivity index (χ2n) is 10.6. The van der Waals surface area contributed by atoms with Gasteiger partial charge in [0, 0.05) is 12.1 Å². The van der Waals surface area contributed by atoms with Crippen LogP contribution in [0.1, 0.15) is 56.1 Å². The molecule has 0 saturated heterocycles. The van der Waals surface area contributed by atoms with Crippen LogP contribution in [0.4, 0.5) is 20.6 Å². The first-order valence-corrected chi connectivity index (χ1v) is 13.2. The molecule has 6 nitrogen and oxygen atoms in total. The minimum atomic E-state index is -0.701. The van der Waals surface area contributed by atoms with Crippen LogP contribution < -0.4 is 15.0 Å². The van der Waals surface area contributed by atoms with Crippen LogP contribution in [0, 0.1) is 18.7 Å². The van der Waals surface area contributed by atoms with Crippen molar-refractivity contribution in [2.45, 2.75) is 58.0 Å². The van der Waals surface area contributed by atoms with Gasteiger partial charge in [0.05, 0.1) is 12.2 Å². The molecule has 0 radical (unpaired) electrons. The molecule has 3 aromatic rings. The molecule has 1 aliphatic heterocycles. The van der Waals surface area contributed by atoms with E-state index in [1.165, 1.54) is 11.6 Å². The number of anilines is 2. The maximum Gasteiger partial charge on any atom is 0.326 e. The molecule has 3 aromatic carbocycles. The highest BCUT2D eigenvalue weighted by atomic mass is 19.1. The first-order valence-electron chi connectivity index (χ1n) is 13.2. The lowest BCUT2D eigenvalue weighted by atomic mass is 9.77. The highest BCUT2D eigenvalue weighted by molar-refractivity contribution is 6.03. The zero-order chi connectivity index (χ0) is 26.8. The summed E-state index contributed by atoms with van der Waals surface area (Å²) in [7, 11) is 0. The smallest absolute Gasteiger partial charge is 0.326 e. The van der Waals surface area contributed by atoms with Gasteiger partial charge < -0.3 is 15.2 Å². The first-order chi connectivity index (χ1) is 18.3. The van der Waals surface area contributed by atoms with Crippen molar-refractivity contribution in [1.82, 2.24) is 0 Å². The molecule has 1 atom stereocenters. The molecule has 0 spiro atoms. The van der Waals surface area contributed by atoms with Crippen LogP contribution in [0.15, 0.2) is 60.7 Å². The molecular formula is C31H33FN2O4. The number of carboxylic acids is 1. The molecule has 1 heterocycles. The molecule has 1 fully saturated rings. The van der Waals surface area contributed by atoms with E-state index in [-0.39, 0.29) is 24.4 Å². The van der Waals surface area contributed by atoms with Crippen molar-refractivity contribution in [2.24, 2.45) is 5.92 Å². The van der Waals surface area contributed by atoms with E-state index in [9.17, 15) is 14.0 Å². The van der Waals surface area contributed by atoms with E-state index >= 15 is 0 Å². The highest BCUT2D eigenvalue weighted by Gasteiger charge is 2.28. The number of rotatable bonds is 5. The summed E-state index contributed by atoms with van der Waals surface area (Å²) in [5.41, 5.74) is 5.07. The van der Waals surface area contributed by atoms with E-state index in [1.54, 1.807) is 24.0 Å². The van der Waals surface area contributed by atoms with Crippen molar-refractivity contribution < 1.29 is 23.8 Å². The van der Waals surface area contributed by atoms with Gasteiger partial charge >= 0.3 is 12.0 Å². The van der Waals surface area contributed by atoms with E-state index in [4.69, 9.17) is 9.84 Å². The van der Waals surface area contributed by atoms with Crippen molar-refractivity contribution in [2.75, 3.05) is 16.8 Å². The average Bonchev–Trinajstić information content (AvgIpc) is 2.90. The largest absolute Gasteiger partial charge is 0.487 e. The summed E-state index contributed by atoms with van der Waals surface area (Å²) in [6, 6.07) is 18.7. The lowest BCUT2D eigenvalue weighted by molar-refractivity contribution is -0.138. The number of hydrogen-bond acceptors (Lipinski definition) is 3. The number of carboxylic acid groups (broad SMARTS) is 1. The second kappa shape index (κ2) is 10.9. The number of amides is 2. The number of ether oxygens (including phenoxy) is 1. The van der Waals surface area contributed by atoms with Crippen LogP contribution in [0.25, 0.3) is 11.1 Å². The normalized spacial score (nSPS) is 20.8. The molecular weight excluding hydrogens is 483 g/mol. The molecule has 0 bridgehead atoms. The van der Waals surface area contributed by atoms with Crippen molar-refractivity contribution >= 4 is 23.4 Å². The predicted octanol–water partition coefficient (Wildman–Crippen LogP) is 7.37. The van der Waals surface area contributed by atoms with Gasteiger partial charge in [0.15, 0.2) is 0 Å². The Kier molecular flexibility index (Phi) is 7.36. The van der Waals surface area contributed by atoms with Gasteiger partial charge in [0.2, 0.25) is 0 Å². The summed E-state index contributed by atoms with van der Waals surface area (Å²) in [6.45, 7) is 4.00. The molecule has 2 amide bonds. The summed E-state index contributed by atoms with van der Waals surface area (Å²) in [6.07, 6.45) is 4.06. The van der Waals surface area contributed by atoms with Gasteiger partial charge in [0.1, 0.15) is 17.7 Å². The van der Waals surface area contributed by atoms with Crippen molar-refractivity contribution in [3.8, 4) is 16.9 Å². The van der Waals surface area contributed by atoms with Crippen LogP contribution >= 0.6 is 0 Å². The van der Waals surface area contributed by atoms with Gasteiger partial charge in [-0.2, -0.15) is 0 Å². The van der Waals surface area contributed by atoms with Crippen molar-refractivity contribution in [3.63, 3.8) is 0 Å². The number of halogens is 1. The molecule has 198 valence electrons. The summed E-state index contributed by atoms with van der Waals surface area (Å²) in [4.78, 5) is 25.8. The molecule has 1 unspecified atom stereocenters. The number of aryl methyl sites for hydroxylation is 1. The van der Waals surface area contributed by atoms with E-state index in [2.05, 4.69) is 29.6 Å². The zero-order valence-corrected chi connectivity index (χ0v) is 21.7. The Bertz CT molecular complexity index is 1330. The van der Waals surface area contributed by atoms with Gasteiger partial charge in [-0.15, -0.1) is 0 Å². The number of nitrogens with zero attached hydrogens (tertiary/aromatic N) is 1. The first kappa shape index (κ1) is 25.8. The quantitative estimate of drug-likeness (QED) is 0.371. The fraction of sp³-hybridized carbons (Fsp3) is 0.355. The maximum atomic E-state index is 13.6. The van der Waals surface area contributed by atoms with Crippen LogP contribution in [-0.4, -0.2) is 29.8 Å². The summed E-state index contributed by atoms with van der Waals surface area (Å²) in [5.74, 6) is 0.401. The Balaban J connectivity index is 1.29. The molecule has 1 aliphatic carbocycles. The van der Waals surface area contributed by atoms with Crippen LogP contribution in [0.3, 0.4) is 0 Å². The number of carbonyl (C=O) groups is 2. The zero-order valence-electron chi connectivity index (χ0n) is 21.7. The third kappa shape index (κ3) is 5.67. The lowest BCUT2D eigenvalue weighted by Crippen LogP contribution is -2.44. The monoisotopic (exact) mass is 516 g/mol. The molecule has 7 heteroatoms. The molecule has 2 N–H and O–H groups in total. The number of fused-ring (bicyclic) bond motifs is 1. The van der Waals surface area contributed by atoms with Gasteiger partial charge in [-0.05, 0) is 104 Å². The van der Waals surface area contributed by atoms with E-state index in [0.29, 0.717) is 41.1 Å². The average molecular weight is 517 g/mol. The second-order valence-corrected chi connectivity index (χ2v) is 10.6. The fourth-order valence-electron chi connectivity index (χ4n) is 5.62.